The van der Waals surface area contributed by atoms with E-state index in [0.29, 0.717) is 5.92 Å². The van der Waals surface area contributed by atoms with E-state index in [0.717, 1.165) is 42.9 Å². The molecule has 0 radical (unpaired) electrons. The molecule has 4 heteroatoms. The number of carbonyl (C=O) groups is 2. The van der Waals surface area contributed by atoms with Crippen LogP contribution in [0.2, 0.25) is 0 Å². The molecule has 0 aliphatic heterocycles. The molecule has 35 heavy (non-hydrogen) atoms. The minimum Gasteiger partial charge on any atom is -0.358 e. The van der Waals surface area contributed by atoms with Crippen molar-refractivity contribution in [2.75, 3.05) is 0 Å². The first-order chi connectivity index (χ1) is 15.8. The summed E-state index contributed by atoms with van der Waals surface area (Å²) >= 11 is 0. The van der Waals surface area contributed by atoms with Crippen molar-refractivity contribution in [3.63, 3.8) is 0 Å². The van der Waals surface area contributed by atoms with Crippen LogP contribution in [0, 0.1) is 69.3 Å². The predicted molar refractivity (Wildman–Crippen MR) is 146 cm³/mol. The zero-order valence-corrected chi connectivity index (χ0v) is 27.3. The van der Waals surface area contributed by atoms with Gasteiger partial charge in [-0.05, 0) is 74.6 Å². The molecule has 192 valence electrons. The van der Waals surface area contributed by atoms with Crippen LogP contribution in [-0.4, -0.2) is 11.7 Å². The third-order valence-corrected chi connectivity index (χ3v) is 6.69. The molecule has 1 atom stereocenters. The Morgan fingerprint density at radius 1 is 1.17 bits per heavy atom. The zero-order valence-electron chi connectivity index (χ0n) is 23.2. The van der Waals surface area contributed by atoms with Crippen molar-refractivity contribution in [1.82, 2.24) is 5.32 Å². The molecule has 1 aliphatic rings. The summed E-state index contributed by atoms with van der Waals surface area (Å²) in [4.78, 5) is 23.6. The second-order valence-electron chi connectivity index (χ2n) is 9.17. The van der Waals surface area contributed by atoms with Gasteiger partial charge in [0.15, 0.2) is 5.78 Å². The number of aryl methyl sites for hydroxylation is 1. The molecule has 1 aliphatic carbocycles. The molecule has 1 amide bonds. The SMILES string of the molecule is C=[C-]/C=C\C(=C/C(C)CC)NC(=O)C1CCC(CC)CC1.CCc1c(C)cccc1C(C)=O.[CH3-].[U+2]. The van der Waals surface area contributed by atoms with Crippen molar-refractivity contribution < 1.29 is 40.7 Å². The molecule has 1 unspecified atom stereocenters. The van der Waals surface area contributed by atoms with Crippen molar-refractivity contribution in [2.24, 2.45) is 17.8 Å². The second-order valence-corrected chi connectivity index (χ2v) is 9.17. The van der Waals surface area contributed by atoms with Gasteiger partial charge in [-0.25, -0.2) is 6.08 Å². The minimum atomic E-state index is 0. The van der Waals surface area contributed by atoms with Crippen molar-refractivity contribution in [3.05, 3.63) is 78.9 Å². The van der Waals surface area contributed by atoms with E-state index in [1.165, 1.54) is 30.4 Å². The number of hydrogen-bond acceptors (Lipinski definition) is 2. The summed E-state index contributed by atoms with van der Waals surface area (Å²) in [7, 11) is 0. The van der Waals surface area contributed by atoms with Crippen LogP contribution in [0.5, 0.6) is 0 Å². The van der Waals surface area contributed by atoms with E-state index in [9.17, 15) is 9.59 Å². The first kappa shape index (κ1) is 35.8. The molecule has 1 aromatic rings. The number of amides is 1. The number of hydrogen-bond donors (Lipinski definition) is 1. The average molecular weight is 704 g/mol. The van der Waals surface area contributed by atoms with Crippen LogP contribution in [0.4, 0.5) is 0 Å². The van der Waals surface area contributed by atoms with Crippen molar-refractivity contribution in [2.45, 2.75) is 86.5 Å². The molecule has 1 fully saturated rings. The first-order valence-corrected chi connectivity index (χ1v) is 12.6. The van der Waals surface area contributed by atoms with E-state index < -0.39 is 0 Å². The topological polar surface area (TPSA) is 46.2 Å². The van der Waals surface area contributed by atoms with Gasteiger partial charge in [0.1, 0.15) is 0 Å². The molecule has 1 N–H and O–H groups in total. The van der Waals surface area contributed by atoms with Gasteiger partial charge in [-0.1, -0.05) is 64.8 Å². The first-order valence-electron chi connectivity index (χ1n) is 12.6. The Balaban J connectivity index is 0. The normalized spacial score (nSPS) is 18.3. The maximum Gasteiger partial charge on any atom is 2.00 e. The summed E-state index contributed by atoms with van der Waals surface area (Å²) in [6, 6.07) is 5.88. The van der Waals surface area contributed by atoms with E-state index in [1.54, 1.807) is 13.0 Å². The number of carbonyl (C=O) groups excluding carboxylic acids is 2. The standard InChI is InChI=1S/C19H30NO.C11H14O.CH3.U/c1-5-8-9-18(14-15(4)6-2)20-19(21)17-12-10-16(7-3)11-13-17;1-4-10-8(2)6-5-7-11(10)9(3)12;;/h8-9,14-17H,1,6-7,10-13H2,2-4H3,(H,20,21);5-7H,4H2,1-3H3;1H3;/q-1;;-1;+2/b9-8-,18-14+;;;. The molecular weight excluding hydrogens is 656 g/mol. The van der Waals surface area contributed by atoms with Crippen molar-refractivity contribution >= 4 is 11.7 Å². The maximum absolute atomic E-state index is 12.4. The minimum absolute atomic E-state index is 0. The van der Waals surface area contributed by atoms with Gasteiger partial charge >= 0.3 is 31.1 Å². The molecule has 2 rings (SSSR count). The molecule has 0 aromatic heterocycles. The summed E-state index contributed by atoms with van der Waals surface area (Å²) in [6.45, 7) is 15.9. The van der Waals surface area contributed by atoms with Gasteiger partial charge in [0.05, 0.1) is 0 Å². The number of nitrogens with one attached hydrogen (secondary N) is 1. The van der Waals surface area contributed by atoms with Crippen LogP contribution >= 0.6 is 0 Å². The summed E-state index contributed by atoms with van der Waals surface area (Å²) in [5, 5.41) is 3.09. The fraction of sp³-hybridized carbons (Fsp3) is 0.516. The quantitative estimate of drug-likeness (QED) is 0.161. The second kappa shape index (κ2) is 19.8. The van der Waals surface area contributed by atoms with Gasteiger partial charge in [0, 0.05) is 11.5 Å². The summed E-state index contributed by atoms with van der Waals surface area (Å²) < 4.78 is 0. The number of rotatable bonds is 9. The molecule has 0 bridgehead atoms. The van der Waals surface area contributed by atoms with Crippen molar-refractivity contribution in [1.29, 1.82) is 0 Å². The Morgan fingerprint density at radius 3 is 2.26 bits per heavy atom. The van der Waals surface area contributed by atoms with Gasteiger partial charge in [-0.2, -0.15) is 12.7 Å². The van der Waals surface area contributed by atoms with Crippen LogP contribution in [0.1, 0.15) is 94.6 Å². The number of allylic oxidation sites excluding steroid dienone is 4. The van der Waals surface area contributed by atoms with Crippen LogP contribution in [0.25, 0.3) is 0 Å². The smallest absolute Gasteiger partial charge is 0.358 e. The molecule has 0 spiro atoms. The van der Waals surface area contributed by atoms with E-state index in [1.807, 2.05) is 31.2 Å². The van der Waals surface area contributed by atoms with Gasteiger partial charge in [0.25, 0.3) is 0 Å². The predicted octanol–water partition coefficient (Wildman–Crippen LogP) is 8.00. The zero-order chi connectivity index (χ0) is 24.8. The van der Waals surface area contributed by atoms with Gasteiger partial charge < -0.3 is 12.7 Å². The number of Topliss-reactive ketones (excluding diaryl/α,β-unsaturated/α-hetero) is 1. The van der Waals surface area contributed by atoms with Crippen LogP contribution in [0.3, 0.4) is 0 Å². The number of benzene rings is 1. The third kappa shape index (κ3) is 12.9. The Morgan fingerprint density at radius 2 is 1.80 bits per heavy atom. The fourth-order valence-electron chi connectivity index (χ4n) is 4.29. The van der Waals surface area contributed by atoms with E-state index in [-0.39, 0.29) is 56.1 Å². The van der Waals surface area contributed by atoms with E-state index in [4.69, 9.17) is 0 Å². The van der Waals surface area contributed by atoms with Gasteiger partial charge in [0.2, 0.25) is 5.91 Å². The van der Waals surface area contributed by atoms with Crippen LogP contribution < -0.4 is 5.32 Å². The summed E-state index contributed by atoms with van der Waals surface area (Å²) in [5.74, 6) is 1.78. The summed E-state index contributed by atoms with van der Waals surface area (Å²) in [5.41, 5.74) is 4.15. The number of ketones is 1. The molecule has 1 aromatic carbocycles. The molecule has 3 nitrogen and oxygen atoms in total. The van der Waals surface area contributed by atoms with E-state index >= 15 is 0 Å². The third-order valence-electron chi connectivity index (χ3n) is 6.69. The molecule has 0 saturated heterocycles. The van der Waals surface area contributed by atoms with Crippen LogP contribution in [0.15, 0.2) is 48.7 Å². The fourth-order valence-corrected chi connectivity index (χ4v) is 4.29. The van der Waals surface area contributed by atoms with E-state index in [2.05, 4.69) is 51.7 Å². The Labute approximate surface area is 239 Å². The van der Waals surface area contributed by atoms with Gasteiger partial charge in [-0.3, -0.25) is 15.7 Å². The Kier molecular flexibility index (Phi) is 20.2. The molecule has 1 saturated carbocycles. The Hall–Kier alpha value is -1.37. The van der Waals surface area contributed by atoms with Crippen LogP contribution in [-0.2, 0) is 11.2 Å². The largest absolute Gasteiger partial charge is 2.00 e. The summed E-state index contributed by atoms with van der Waals surface area (Å²) in [6.07, 6.45) is 16.2. The van der Waals surface area contributed by atoms with Gasteiger partial charge in [-0.15, -0.1) is 0 Å². The molecule has 0 heterocycles. The monoisotopic (exact) mass is 703 g/mol. The average Bonchev–Trinajstić information content (AvgIpc) is 2.82. The maximum atomic E-state index is 12.4. The molecular formula is C31H47NO2U. The Bertz CT molecular complexity index is 832. The van der Waals surface area contributed by atoms with Crippen molar-refractivity contribution in [3.8, 4) is 0 Å².